The molecule has 1 aromatic carbocycles. The Labute approximate surface area is 136 Å². The average Bonchev–Trinajstić information content (AvgIpc) is 2.74. The summed E-state index contributed by atoms with van der Waals surface area (Å²) >= 11 is 3.47. The summed E-state index contributed by atoms with van der Waals surface area (Å²) in [5.41, 5.74) is 5.67. The standard InChI is InChI=1S/C15H16BrN3O3/c1-19-13(20)15(18-14(19)17)9-6-8(16)2-3-11(9)22-12-4-5-21-7-10(12)15/h2-3,6,10,12H,4-5,7H2,1H3,(H2,17,18)/t10-,12?,15-/m1/s1. The van der Waals surface area contributed by atoms with Crippen LogP contribution >= 0.6 is 15.9 Å². The maximum absolute atomic E-state index is 13.0. The van der Waals surface area contributed by atoms with E-state index in [2.05, 4.69) is 20.9 Å². The quantitative estimate of drug-likeness (QED) is 0.749. The molecule has 3 heterocycles. The zero-order valence-corrected chi connectivity index (χ0v) is 13.7. The summed E-state index contributed by atoms with van der Waals surface area (Å²) in [5, 5.41) is 0. The number of nitrogens with zero attached hydrogens (tertiary/aromatic N) is 2. The van der Waals surface area contributed by atoms with Crippen LogP contribution in [0.15, 0.2) is 27.7 Å². The summed E-state index contributed by atoms with van der Waals surface area (Å²) in [5.74, 6) is 0.654. The van der Waals surface area contributed by atoms with Crippen molar-refractivity contribution < 1.29 is 14.3 Å². The lowest BCUT2D eigenvalue weighted by atomic mass is 9.72. The molecule has 22 heavy (non-hydrogen) atoms. The molecular formula is C15H16BrN3O3. The maximum atomic E-state index is 13.0. The number of guanidine groups is 1. The van der Waals surface area contributed by atoms with Crippen LogP contribution in [-0.2, 0) is 15.1 Å². The molecule has 1 aromatic rings. The number of carbonyl (C=O) groups is 1. The first kappa shape index (κ1) is 14.0. The minimum Gasteiger partial charge on any atom is -0.489 e. The second kappa shape index (κ2) is 4.70. The number of hydrogen-bond donors (Lipinski definition) is 1. The fourth-order valence-corrected chi connectivity index (χ4v) is 3.96. The van der Waals surface area contributed by atoms with E-state index in [0.29, 0.717) is 19.0 Å². The molecule has 1 amide bonds. The van der Waals surface area contributed by atoms with Crippen molar-refractivity contribution in [2.45, 2.75) is 18.1 Å². The number of fused-ring (bicyclic) bond motifs is 4. The maximum Gasteiger partial charge on any atom is 0.262 e. The highest BCUT2D eigenvalue weighted by atomic mass is 79.9. The highest BCUT2D eigenvalue weighted by Gasteiger charge is 2.60. The first-order valence-electron chi connectivity index (χ1n) is 7.22. The van der Waals surface area contributed by atoms with Crippen LogP contribution in [0.1, 0.15) is 12.0 Å². The molecule has 4 rings (SSSR count). The van der Waals surface area contributed by atoms with E-state index >= 15 is 0 Å². The SMILES string of the molecule is CN1C(=O)[C@@]2(N=C1N)c1cc(Br)ccc1OC1CCOC[C@H]12. The van der Waals surface area contributed by atoms with E-state index in [1.165, 1.54) is 4.90 Å². The van der Waals surface area contributed by atoms with E-state index in [1.54, 1.807) is 7.05 Å². The first-order chi connectivity index (χ1) is 10.5. The van der Waals surface area contributed by atoms with Crippen LogP contribution in [-0.4, -0.2) is 43.1 Å². The Morgan fingerprint density at radius 1 is 1.50 bits per heavy atom. The molecule has 2 N–H and O–H groups in total. The summed E-state index contributed by atoms with van der Waals surface area (Å²) in [7, 11) is 1.65. The fourth-order valence-electron chi connectivity index (χ4n) is 3.59. The lowest BCUT2D eigenvalue weighted by Crippen LogP contribution is -2.56. The largest absolute Gasteiger partial charge is 0.489 e. The van der Waals surface area contributed by atoms with Gasteiger partial charge in [-0.25, -0.2) is 4.99 Å². The Morgan fingerprint density at radius 3 is 3.05 bits per heavy atom. The van der Waals surface area contributed by atoms with Crippen molar-refractivity contribution in [2.24, 2.45) is 16.6 Å². The molecule has 0 radical (unpaired) electrons. The summed E-state index contributed by atoms with van der Waals surface area (Å²) in [4.78, 5) is 19.0. The molecular weight excluding hydrogens is 350 g/mol. The van der Waals surface area contributed by atoms with E-state index in [9.17, 15) is 4.79 Å². The van der Waals surface area contributed by atoms with Gasteiger partial charge in [0.15, 0.2) is 11.5 Å². The number of ether oxygens (including phenoxy) is 2. The van der Waals surface area contributed by atoms with Crippen LogP contribution in [0, 0.1) is 5.92 Å². The lowest BCUT2D eigenvalue weighted by Gasteiger charge is -2.45. The van der Waals surface area contributed by atoms with Gasteiger partial charge in [-0.2, -0.15) is 0 Å². The van der Waals surface area contributed by atoms with Gasteiger partial charge in [0, 0.05) is 23.5 Å². The number of carbonyl (C=O) groups excluding carboxylic acids is 1. The van der Waals surface area contributed by atoms with Crippen LogP contribution in [0.3, 0.4) is 0 Å². The lowest BCUT2D eigenvalue weighted by molar-refractivity contribution is -0.141. The molecule has 1 spiro atoms. The van der Waals surface area contributed by atoms with Gasteiger partial charge in [0.2, 0.25) is 0 Å². The Kier molecular flexibility index (Phi) is 2.99. The van der Waals surface area contributed by atoms with E-state index in [4.69, 9.17) is 15.2 Å². The second-order valence-corrected chi connectivity index (χ2v) is 6.78. The van der Waals surface area contributed by atoms with Gasteiger partial charge in [-0.15, -0.1) is 0 Å². The number of halogens is 1. The van der Waals surface area contributed by atoms with Crippen molar-refractivity contribution in [1.29, 1.82) is 0 Å². The number of likely N-dealkylation sites (N-methyl/N-ethyl adjacent to an activating group) is 1. The third-order valence-corrected chi connectivity index (χ3v) is 5.22. The van der Waals surface area contributed by atoms with Crippen molar-refractivity contribution >= 4 is 27.8 Å². The molecule has 0 aliphatic carbocycles. The van der Waals surface area contributed by atoms with Gasteiger partial charge < -0.3 is 15.2 Å². The fraction of sp³-hybridized carbons (Fsp3) is 0.467. The third-order valence-electron chi connectivity index (χ3n) is 4.73. The Morgan fingerprint density at radius 2 is 2.32 bits per heavy atom. The molecule has 116 valence electrons. The summed E-state index contributed by atoms with van der Waals surface area (Å²) < 4.78 is 12.6. The molecule has 1 saturated heterocycles. The number of hydrogen-bond acceptors (Lipinski definition) is 5. The van der Waals surface area contributed by atoms with Crippen molar-refractivity contribution in [3.8, 4) is 5.75 Å². The van der Waals surface area contributed by atoms with E-state index in [0.717, 1.165) is 16.5 Å². The number of rotatable bonds is 0. The highest BCUT2D eigenvalue weighted by Crippen LogP contribution is 2.51. The number of benzene rings is 1. The minimum absolute atomic E-state index is 0.0885. The normalized spacial score (nSPS) is 33.3. The first-order valence-corrected chi connectivity index (χ1v) is 8.01. The highest BCUT2D eigenvalue weighted by molar-refractivity contribution is 9.10. The van der Waals surface area contributed by atoms with Crippen LogP contribution in [0.5, 0.6) is 5.75 Å². The van der Waals surface area contributed by atoms with Crippen molar-refractivity contribution in [3.63, 3.8) is 0 Å². The van der Waals surface area contributed by atoms with Crippen LogP contribution < -0.4 is 10.5 Å². The zero-order chi connectivity index (χ0) is 15.5. The molecule has 1 unspecified atom stereocenters. The van der Waals surface area contributed by atoms with Gasteiger partial charge in [0.05, 0.1) is 19.1 Å². The molecule has 7 heteroatoms. The summed E-state index contributed by atoms with van der Waals surface area (Å²) in [6.07, 6.45) is 0.656. The monoisotopic (exact) mass is 365 g/mol. The van der Waals surface area contributed by atoms with E-state index in [-0.39, 0.29) is 23.9 Å². The molecule has 0 bridgehead atoms. The van der Waals surface area contributed by atoms with Gasteiger partial charge in [-0.3, -0.25) is 9.69 Å². The Bertz CT molecular complexity index is 693. The molecule has 6 nitrogen and oxygen atoms in total. The van der Waals surface area contributed by atoms with Crippen molar-refractivity contribution in [2.75, 3.05) is 20.3 Å². The molecule has 1 fully saturated rings. The second-order valence-electron chi connectivity index (χ2n) is 5.87. The Hall–Kier alpha value is -1.60. The molecule has 0 aromatic heterocycles. The molecule has 3 aliphatic heterocycles. The predicted octanol–water partition coefficient (Wildman–Crippen LogP) is 1.23. The third kappa shape index (κ3) is 1.69. The molecule has 3 aliphatic rings. The van der Waals surface area contributed by atoms with Gasteiger partial charge in [-0.1, -0.05) is 15.9 Å². The average molecular weight is 366 g/mol. The van der Waals surface area contributed by atoms with Crippen molar-refractivity contribution in [3.05, 3.63) is 28.2 Å². The number of aliphatic imine (C=N–C) groups is 1. The van der Waals surface area contributed by atoms with Gasteiger partial charge in [0.25, 0.3) is 5.91 Å². The van der Waals surface area contributed by atoms with Gasteiger partial charge in [0.1, 0.15) is 11.9 Å². The minimum atomic E-state index is -1.04. The molecule has 3 atom stereocenters. The van der Waals surface area contributed by atoms with Crippen LogP contribution in [0.2, 0.25) is 0 Å². The summed E-state index contributed by atoms with van der Waals surface area (Å²) in [6, 6.07) is 5.68. The predicted molar refractivity (Wildman–Crippen MR) is 83.6 cm³/mol. The number of nitrogens with two attached hydrogens (primary N) is 1. The van der Waals surface area contributed by atoms with Crippen LogP contribution in [0.4, 0.5) is 0 Å². The smallest absolute Gasteiger partial charge is 0.262 e. The summed E-state index contributed by atoms with van der Waals surface area (Å²) in [6.45, 7) is 1.07. The molecule has 0 saturated carbocycles. The topological polar surface area (TPSA) is 77.2 Å². The number of amides is 1. The van der Waals surface area contributed by atoms with Gasteiger partial charge >= 0.3 is 0 Å². The van der Waals surface area contributed by atoms with Crippen LogP contribution in [0.25, 0.3) is 0 Å². The Balaban J connectivity index is 1.97. The van der Waals surface area contributed by atoms with E-state index < -0.39 is 5.54 Å². The van der Waals surface area contributed by atoms with Gasteiger partial charge in [-0.05, 0) is 18.2 Å². The zero-order valence-electron chi connectivity index (χ0n) is 12.1. The van der Waals surface area contributed by atoms with E-state index in [1.807, 2.05) is 18.2 Å². The van der Waals surface area contributed by atoms with Crippen molar-refractivity contribution in [1.82, 2.24) is 4.90 Å².